The summed E-state index contributed by atoms with van der Waals surface area (Å²) in [6.07, 6.45) is 2.70. The van der Waals surface area contributed by atoms with Crippen molar-refractivity contribution in [2.45, 2.75) is 39.5 Å². The Morgan fingerprint density at radius 2 is 2.00 bits per heavy atom. The van der Waals surface area contributed by atoms with Crippen LogP contribution in [0.1, 0.15) is 37.3 Å². The number of carbonyl (C=O) groups is 1. The Morgan fingerprint density at radius 1 is 1.27 bits per heavy atom. The lowest BCUT2D eigenvalue weighted by Gasteiger charge is -2.02. The fraction of sp³-hybridized carbons (Fsp3) is 0.462. The fourth-order valence-electron chi connectivity index (χ4n) is 1.64. The lowest BCUT2D eigenvalue weighted by Crippen LogP contribution is -1.99. The highest BCUT2D eigenvalue weighted by molar-refractivity contribution is 5.78. The second-order valence-electron chi connectivity index (χ2n) is 3.93. The van der Waals surface area contributed by atoms with E-state index in [2.05, 4.69) is 0 Å². The van der Waals surface area contributed by atoms with Gasteiger partial charge in [0.2, 0.25) is 0 Å². The van der Waals surface area contributed by atoms with Crippen LogP contribution >= 0.6 is 0 Å². The van der Waals surface area contributed by atoms with E-state index in [9.17, 15) is 9.18 Å². The molecule has 0 atom stereocenters. The number of Topliss-reactive ketones (excluding diaryl/α,β-unsaturated/α-hetero) is 1. The Hall–Kier alpha value is -1.18. The number of halogens is 1. The van der Waals surface area contributed by atoms with E-state index in [4.69, 9.17) is 0 Å². The zero-order chi connectivity index (χ0) is 11.3. The highest BCUT2D eigenvalue weighted by atomic mass is 19.1. The monoisotopic (exact) mass is 208 g/mol. The summed E-state index contributed by atoms with van der Waals surface area (Å²) in [5.74, 6) is 0.0485. The molecule has 1 rings (SSSR count). The zero-order valence-corrected chi connectivity index (χ0v) is 9.35. The molecule has 0 aliphatic heterocycles. The van der Waals surface area contributed by atoms with Crippen LogP contribution in [0.3, 0.4) is 0 Å². The number of ketones is 1. The summed E-state index contributed by atoms with van der Waals surface area (Å²) in [5.41, 5.74) is 1.82. The average Bonchev–Trinajstić information content (AvgIpc) is 2.14. The third kappa shape index (κ3) is 4.24. The first-order valence-corrected chi connectivity index (χ1v) is 5.39. The Bertz CT molecular complexity index is 324. The van der Waals surface area contributed by atoms with E-state index < -0.39 is 0 Å². The first kappa shape index (κ1) is 11.9. The Labute approximate surface area is 90.3 Å². The van der Waals surface area contributed by atoms with Crippen molar-refractivity contribution < 1.29 is 9.18 Å². The van der Waals surface area contributed by atoms with Crippen molar-refractivity contribution in [2.75, 3.05) is 0 Å². The van der Waals surface area contributed by atoms with Crippen LogP contribution in [-0.4, -0.2) is 5.78 Å². The van der Waals surface area contributed by atoms with Gasteiger partial charge in [-0.1, -0.05) is 13.0 Å². The maximum absolute atomic E-state index is 13.0. The minimum Gasteiger partial charge on any atom is -0.300 e. The van der Waals surface area contributed by atoms with Gasteiger partial charge in [-0.3, -0.25) is 4.79 Å². The molecule has 15 heavy (non-hydrogen) atoms. The van der Waals surface area contributed by atoms with Crippen LogP contribution < -0.4 is 0 Å². The standard InChI is InChI=1S/C13H17FO/c1-3-4-13(15)6-5-11-7-10(2)8-12(14)9-11/h7-9H,3-6H2,1-2H3. The molecule has 0 bridgehead atoms. The predicted octanol–water partition coefficient (Wildman–Crippen LogP) is 3.44. The molecule has 0 spiro atoms. The van der Waals surface area contributed by atoms with E-state index in [1.165, 1.54) is 12.1 Å². The minimum atomic E-state index is -0.215. The number of aryl methyl sites for hydroxylation is 2. The summed E-state index contributed by atoms with van der Waals surface area (Å²) < 4.78 is 13.0. The van der Waals surface area contributed by atoms with Crippen LogP contribution in [0.2, 0.25) is 0 Å². The molecule has 1 aromatic carbocycles. The minimum absolute atomic E-state index is 0.215. The SMILES string of the molecule is CCCC(=O)CCc1cc(C)cc(F)c1. The van der Waals surface area contributed by atoms with Gasteiger partial charge in [-0.05, 0) is 43.0 Å². The van der Waals surface area contributed by atoms with Crippen LogP contribution in [0.25, 0.3) is 0 Å². The van der Waals surface area contributed by atoms with E-state index in [0.717, 1.165) is 17.5 Å². The third-order valence-electron chi connectivity index (χ3n) is 2.32. The Morgan fingerprint density at radius 3 is 2.60 bits per heavy atom. The molecule has 0 radical (unpaired) electrons. The van der Waals surface area contributed by atoms with Crippen molar-refractivity contribution in [2.24, 2.45) is 0 Å². The highest BCUT2D eigenvalue weighted by Crippen LogP contribution is 2.11. The van der Waals surface area contributed by atoms with Gasteiger partial charge in [0.05, 0.1) is 0 Å². The van der Waals surface area contributed by atoms with Crippen molar-refractivity contribution in [1.29, 1.82) is 0 Å². The van der Waals surface area contributed by atoms with E-state index in [-0.39, 0.29) is 11.6 Å². The van der Waals surface area contributed by atoms with E-state index in [1.807, 2.05) is 19.9 Å². The van der Waals surface area contributed by atoms with Crippen LogP contribution in [0.4, 0.5) is 4.39 Å². The summed E-state index contributed by atoms with van der Waals surface area (Å²) in [6.45, 7) is 3.85. The smallest absolute Gasteiger partial charge is 0.133 e. The zero-order valence-electron chi connectivity index (χ0n) is 9.35. The second kappa shape index (κ2) is 5.64. The van der Waals surface area contributed by atoms with Gasteiger partial charge in [-0.2, -0.15) is 0 Å². The molecule has 82 valence electrons. The van der Waals surface area contributed by atoms with E-state index in [1.54, 1.807) is 0 Å². The molecule has 0 saturated carbocycles. The molecule has 0 unspecified atom stereocenters. The molecule has 1 nitrogen and oxygen atoms in total. The molecule has 2 heteroatoms. The van der Waals surface area contributed by atoms with Gasteiger partial charge in [0.1, 0.15) is 11.6 Å². The Kier molecular flexibility index (Phi) is 4.47. The van der Waals surface area contributed by atoms with E-state index in [0.29, 0.717) is 19.3 Å². The number of hydrogen-bond acceptors (Lipinski definition) is 1. The summed E-state index contributed by atoms with van der Waals surface area (Å²) in [7, 11) is 0. The lowest BCUT2D eigenvalue weighted by atomic mass is 10.0. The summed E-state index contributed by atoms with van der Waals surface area (Å²) in [4.78, 5) is 11.3. The second-order valence-corrected chi connectivity index (χ2v) is 3.93. The molecule has 0 heterocycles. The molecular weight excluding hydrogens is 191 g/mol. The molecule has 0 aromatic heterocycles. The topological polar surface area (TPSA) is 17.1 Å². The molecular formula is C13H17FO. The molecule has 0 N–H and O–H groups in total. The number of carbonyl (C=O) groups excluding carboxylic acids is 1. The van der Waals surface area contributed by atoms with Gasteiger partial charge in [-0.15, -0.1) is 0 Å². The molecule has 0 aliphatic carbocycles. The first-order valence-electron chi connectivity index (χ1n) is 5.39. The van der Waals surface area contributed by atoms with Crippen molar-refractivity contribution in [3.8, 4) is 0 Å². The van der Waals surface area contributed by atoms with Crippen LogP contribution in [0.15, 0.2) is 18.2 Å². The van der Waals surface area contributed by atoms with Crippen molar-refractivity contribution in [3.05, 3.63) is 35.1 Å². The maximum atomic E-state index is 13.0. The van der Waals surface area contributed by atoms with Crippen LogP contribution in [0.5, 0.6) is 0 Å². The van der Waals surface area contributed by atoms with Crippen molar-refractivity contribution in [1.82, 2.24) is 0 Å². The van der Waals surface area contributed by atoms with Gasteiger partial charge in [0.15, 0.2) is 0 Å². The Balaban J connectivity index is 2.54. The number of benzene rings is 1. The lowest BCUT2D eigenvalue weighted by molar-refractivity contribution is -0.119. The number of hydrogen-bond donors (Lipinski definition) is 0. The normalized spacial score (nSPS) is 10.3. The summed E-state index contributed by atoms with van der Waals surface area (Å²) in [5, 5.41) is 0. The molecule has 0 aliphatic rings. The maximum Gasteiger partial charge on any atom is 0.133 e. The predicted molar refractivity (Wildman–Crippen MR) is 59.4 cm³/mol. The van der Waals surface area contributed by atoms with E-state index >= 15 is 0 Å². The summed E-state index contributed by atoms with van der Waals surface area (Å²) >= 11 is 0. The largest absolute Gasteiger partial charge is 0.300 e. The van der Waals surface area contributed by atoms with Gasteiger partial charge in [0, 0.05) is 12.8 Å². The van der Waals surface area contributed by atoms with Crippen LogP contribution in [-0.2, 0) is 11.2 Å². The van der Waals surface area contributed by atoms with Crippen molar-refractivity contribution >= 4 is 5.78 Å². The quantitative estimate of drug-likeness (QED) is 0.724. The first-order chi connectivity index (χ1) is 7.11. The van der Waals surface area contributed by atoms with Gasteiger partial charge in [0.25, 0.3) is 0 Å². The van der Waals surface area contributed by atoms with Crippen LogP contribution in [0, 0.1) is 12.7 Å². The van der Waals surface area contributed by atoms with Gasteiger partial charge >= 0.3 is 0 Å². The average molecular weight is 208 g/mol. The van der Waals surface area contributed by atoms with Crippen molar-refractivity contribution in [3.63, 3.8) is 0 Å². The molecule has 0 amide bonds. The third-order valence-corrected chi connectivity index (χ3v) is 2.32. The highest BCUT2D eigenvalue weighted by Gasteiger charge is 2.03. The molecule has 0 saturated heterocycles. The fourth-order valence-corrected chi connectivity index (χ4v) is 1.64. The summed E-state index contributed by atoms with van der Waals surface area (Å²) in [6, 6.07) is 4.94. The molecule has 0 fully saturated rings. The molecule has 1 aromatic rings. The number of rotatable bonds is 5. The van der Waals surface area contributed by atoms with Gasteiger partial charge < -0.3 is 0 Å². The van der Waals surface area contributed by atoms with Gasteiger partial charge in [-0.25, -0.2) is 4.39 Å².